The van der Waals surface area contributed by atoms with Crippen LogP contribution in [0.2, 0.25) is 0 Å². The Kier molecular flexibility index (Phi) is 5.30. The Morgan fingerprint density at radius 3 is 2.12 bits per heavy atom. The molecule has 1 rings (SSSR count). The van der Waals surface area contributed by atoms with E-state index in [2.05, 4.69) is 27.7 Å². The van der Waals surface area contributed by atoms with E-state index >= 15 is 0 Å². The number of aliphatic hydroxyl groups excluding tert-OH is 1. The second-order valence-electron chi connectivity index (χ2n) is 6.31. The fraction of sp³-hybridized carbons (Fsp3) is 1.00. The van der Waals surface area contributed by atoms with Gasteiger partial charge in [-0.15, -0.1) is 0 Å². The summed E-state index contributed by atoms with van der Waals surface area (Å²) in [6.45, 7) is 9.27. The molecule has 1 atom stereocenters. The van der Waals surface area contributed by atoms with E-state index in [1.54, 1.807) is 0 Å². The normalized spacial score (nSPS) is 29.1. The second-order valence-corrected chi connectivity index (χ2v) is 6.31. The number of rotatable bonds is 5. The lowest BCUT2D eigenvalue weighted by molar-refractivity contribution is 0.0429. The van der Waals surface area contributed by atoms with E-state index in [0.29, 0.717) is 11.3 Å². The molecule has 1 aliphatic carbocycles. The summed E-state index contributed by atoms with van der Waals surface area (Å²) in [4.78, 5) is 0. The predicted molar refractivity (Wildman–Crippen MR) is 70.4 cm³/mol. The predicted octanol–water partition coefficient (Wildman–Crippen LogP) is 4.39. The minimum atomic E-state index is -0.0318. The van der Waals surface area contributed by atoms with E-state index < -0.39 is 0 Å². The molecule has 0 aromatic heterocycles. The van der Waals surface area contributed by atoms with Crippen LogP contribution in [0.1, 0.15) is 72.6 Å². The highest BCUT2D eigenvalue weighted by Gasteiger charge is 2.33. The van der Waals surface area contributed by atoms with E-state index in [1.807, 2.05) is 0 Å². The molecule has 0 saturated heterocycles. The smallest absolute Gasteiger partial charge is 0.0568 e. The molecular weight excluding hydrogens is 196 g/mol. The Morgan fingerprint density at radius 2 is 1.69 bits per heavy atom. The van der Waals surface area contributed by atoms with Crippen molar-refractivity contribution in [1.29, 1.82) is 0 Å². The molecule has 96 valence electrons. The topological polar surface area (TPSA) is 20.2 Å². The number of hydrogen-bond acceptors (Lipinski definition) is 1. The van der Waals surface area contributed by atoms with Gasteiger partial charge in [0.05, 0.1) is 6.10 Å². The molecule has 1 nitrogen and oxygen atoms in total. The average molecular weight is 226 g/mol. The van der Waals surface area contributed by atoms with Gasteiger partial charge in [-0.1, -0.05) is 40.5 Å². The molecule has 0 heterocycles. The first-order chi connectivity index (χ1) is 7.51. The number of hydrogen-bond donors (Lipinski definition) is 1. The van der Waals surface area contributed by atoms with Gasteiger partial charge in [0.15, 0.2) is 0 Å². The standard InChI is InChI=1S/C15H30O/c1-5-7-14(16)12-8-10-13(11-9-12)15(3,4)6-2/h12-14,16H,5-11H2,1-4H3. The van der Waals surface area contributed by atoms with Crippen LogP contribution in [-0.2, 0) is 0 Å². The number of aliphatic hydroxyl groups is 1. The lowest BCUT2D eigenvalue weighted by Crippen LogP contribution is -2.31. The third kappa shape index (κ3) is 3.48. The van der Waals surface area contributed by atoms with Crippen LogP contribution < -0.4 is 0 Å². The van der Waals surface area contributed by atoms with Crippen LogP contribution in [0, 0.1) is 17.3 Å². The molecule has 0 aliphatic heterocycles. The van der Waals surface area contributed by atoms with E-state index in [0.717, 1.165) is 18.8 Å². The average Bonchev–Trinajstić information content (AvgIpc) is 2.29. The molecule has 16 heavy (non-hydrogen) atoms. The summed E-state index contributed by atoms with van der Waals surface area (Å²) in [5.74, 6) is 1.46. The fourth-order valence-corrected chi connectivity index (χ4v) is 3.11. The van der Waals surface area contributed by atoms with Gasteiger partial charge in [-0.05, 0) is 49.4 Å². The van der Waals surface area contributed by atoms with Crippen LogP contribution in [0.15, 0.2) is 0 Å². The molecule has 0 radical (unpaired) electrons. The third-order valence-electron chi connectivity index (χ3n) is 4.92. The van der Waals surface area contributed by atoms with Gasteiger partial charge in [0.1, 0.15) is 0 Å². The highest BCUT2D eigenvalue weighted by atomic mass is 16.3. The van der Waals surface area contributed by atoms with Crippen LogP contribution in [-0.4, -0.2) is 11.2 Å². The highest BCUT2D eigenvalue weighted by molar-refractivity contribution is 4.84. The molecule has 0 aromatic rings. The van der Waals surface area contributed by atoms with Crippen LogP contribution in [0.4, 0.5) is 0 Å². The van der Waals surface area contributed by atoms with Gasteiger partial charge >= 0.3 is 0 Å². The monoisotopic (exact) mass is 226 g/mol. The first kappa shape index (κ1) is 14.0. The molecule has 1 fully saturated rings. The Bertz CT molecular complexity index is 190. The van der Waals surface area contributed by atoms with Gasteiger partial charge < -0.3 is 5.11 Å². The molecule has 1 saturated carbocycles. The van der Waals surface area contributed by atoms with Crippen LogP contribution >= 0.6 is 0 Å². The quantitative estimate of drug-likeness (QED) is 0.737. The molecule has 1 heteroatoms. The lowest BCUT2D eigenvalue weighted by atomic mass is 9.66. The maximum atomic E-state index is 10.0. The van der Waals surface area contributed by atoms with E-state index in [1.165, 1.54) is 32.1 Å². The summed E-state index contributed by atoms with van der Waals surface area (Å²) in [6.07, 6.45) is 8.49. The van der Waals surface area contributed by atoms with Crippen molar-refractivity contribution in [3.63, 3.8) is 0 Å². The first-order valence-corrected chi connectivity index (χ1v) is 7.19. The zero-order valence-corrected chi connectivity index (χ0v) is 11.6. The maximum Gasteiger partial charge on any atom is 0.0568 e. The highest BCUT2D eigenvalue weighted by Crippen LogP contribution is 2.43. The molecular formula is C15H30O. The molecule has 1 aliphatic rings. The van der Waals surface area contributed by atoms with Crippen molar-refractivity contribution in [2.24, 2.45) is 17.3 Å². The zero-order chi connectivity index (χ0) is 12.2. The van der Waals surface area contributed by atoms with Gasteiger partial charge in [-0.2, -0.15) is 0 Å². The summed E-state index contributed by atoms with van der Waals surface area (Å²) in [5, 5.41) is 10.0. The van der Waals surface area contributed by atoms with Crippen LogP contribution in [0.5, 0.6) is 0 Å². The fourth-order valence-electron chi connectivity index (χ4n) is 3.11. The van der Waals surface area contributed by atoms with Crippen molar-refractivity contribution in [2.45, 2.75) is 78.7 Å². The zero-order valence-electron chi connectivity index (χ0n) is 11.6. The van der Waals surface area contributed by atoms with E-state index in [-0.39, 0.29) is 6.10 Å². The van der Waals surface area contributed by atoms with Gasteiger partial charge in [0, 0.05) is 0 Å². The minimum absolute atomic E-state index is 0.0318. The van der Waals surface area contributed by atoms with E-state index in [4.69, 9.17) is 0 Å². The Labute approximate surface area is 102 Å². The van der Waals surface area contributed by atoms with Gasteiger partial charge in [0.25, 0.3) is 0 Å². The molecule has 1 N–H and O–H groups in total. The van der Waals surface area contributed by atoms with Gasteiger partial charge in [0.2, 0.25) is 0 Å². The molecule has 0 bridgehead atoms. The largest absolute Gasteiger partial charge is 0.393 e. The van der Waals surface area contributed by atoms with Gasteiger partial charge in [-0.25, -0.2) is 0 Å². The Hall–Kier alpha value is -0.0400. The molecule has 0 aromatic carbocycles. The summed E-state index contributed by atoms with van der Waals surface area (Å²) in [5.41, 5.74) is 0.501. The van der Waals surface area contributed by atoms with Crippen LogP contribution in [0.25, 0.3) is 0 Å². The first-order valence-electron chi connectivity index (χ1n) is 7.19. The molecule has 0 amide bonds. The summed E-state index contributed by atoms with van der Waals surface area (Å²) >= 11 is 0. The Balaban J connectivity index is 2.39. The summed E-state index contributed by atoms with van der Waals surface area (Å²) in [6, 6.07) is 0. The van der Waals surface area contributed by atoms with Crippen molar-refractivity contribution in [2.75, 3.05) is 0 Å². The minimum Gasteiger partial charge on any atom is -0.393 e. The summed E-state index contributed by atoms with van der Waals surface area (Å²) < 4.78 is 0. The summed E-state index contributed by atoms with van der Waals surface area (Å²) in [7, 11) is 0. The van der Waals surface area contributed by atoms with Crippen molar-refractivity contribution in [3.05, 3.63) is 0 Å². The van der Waals surface area contributed by atoms with E-state index in [9.17, 15) is 5.11 Å². The SMILES string of the molecule is CCCC(O)C1CCC(C(C)(C)CC)CC1. The van der Waals surface area contributed by atoms with Crippen molar-refractivity contribution in [1.82, 2.24) is 0 Å². The van der Waals surface area contributed by atoms with Crippen molar-refractivity contribution >= 4 is 0 Å². The Morgan fingerprint density at radius 1 is 1.12 bits per heavy atom. The van der Waals surface area contributed by atoms with Gasteiger partial charge in [-0.3, -0.25) is 0 Å². The molecule has 0 spiro atoms. The third-order valence-corrected chi connectivity index (χ3v) is 4.92. The van der Waals surface area contributed by atoms with Crippen molar-refractivity contribution in [3.8, 4) is 0 Å². The lowest BCUT2D eigenvalue weighted by Gasteiger charge is -2.40. The van der Waals surface area contributed by atoms with Crippen LogP contribution in [0.3, 0.4) is 0 Å². The second kappa shape index (κ2) is 6.05. The maximum absolute atomic E-state index is 10.0. The van der Waals surface area contributed by atoms with Crippen molar-refractivity contribution < 1.29 is 5.11 Å². The molecule has 1 unspecified atom stereocenters.